The van der Waals surface area contributed by atoms with Crippen molar-refractivity contribution in [3.8, 4) is 17.1 Å². The number of likely N-dealkylation sites (tertiary alicyclic amines) is 1. The van der Waals surface area contributed by atoms with E-state index in [1.807, 2.05) is 36.9 Å². The van der Waals surface area contributed by atoms with Crippen LogP contribution >= 0.6 is 0 Å². The number of piperidine rings is 1. The van der Waals surface area contributed by atoms with Gasteiger partial charge in [0, 0.05) is 29.3 Å². The number of nitrogens with zero attached hydrogens (tertiary/aromatic N) is 4. The molecule has 1 N–H and O–H groups in total. The van der Waals surface area contributed by atoms with Gasteiger partial charge in [-0.05, 0) is 94.3 Å². The Morgan fingerprint density at radius 2 is 1.66 bits per heavy atom. The highest BCUT2D eigenvalue weighted by Crippen LogP contribution is 2.36. The van der Waals surface area contributed by atoms with Crippen molar-refractivity contribution in [3.05, 3.63) is 65.2 Å². The Bertz CT molecular complexity index is 1610. The lowest BCUT2D eigenvalue weighted by Crippen LogP contribution is -2.60. The quantitative estimate of drug-likeness (QED) is 0.384. The van der Waals surface area contributed by atoms with Crippen molar-refractivity contribution in [3.63, 3.8) is 0 Å². The first-order valence-corrected chi connectivity index (χ1v) is 17.4. The van der Waals surface area contributed by atoms with E-state index in [1.54, 1.807) is 18.2 Å². The summed E-state index contributed by atoms with van der Waals surface area (Å²) >= 11 is 0. The van der Waals surface area contributed by atoms with Gasteiger partial charge in [0.05, 0.1) is 16.6 Å². The molecule has 1 aliphatic carbocycles. The van der Waals surface area contributed by atoms with Gasteiger partial charge in [0.2, 0.25) is 11.8 Å². The molecule has 10 heteroatoms. The summed E-state index contributed by atoms with van der Waals surface area (Å²) in [6, 6.07) is 14.4. The van der Waals surface area contributed by atoms with Crippen molar-refractivity contribution < 1.29 is 17.9 Å². The zero-order chi connectivity index (χ0) is 31.0. The molecule has 0 unspecified atom stereocenters. The van der Waals surface area contributed by atoms with Crippen LogP contribution in [0.15, 0.2) is 53.4 Å². The number of hydrogen-bond donors (Lipinski definition) is 1. The first-order chi connectivity index (χ1) is 21.1. The number of rotatable bonds is 5. The molecule has 2 fully saturated rings. The molecule has 3 aliphatic rings. The van der Waals surface area contributed by atoms with E-state index in [4.69, 9.17) is 4.74 Å². The van der Waals surface area contributed by atoms with Crippen molar-refractivity contribution >= 4 is 21.9 Å². The van der Waals surface area contributed by atoms with E-state index < -0.39 is 10.0 Å². The van der Waals surface area contributed by atoms with Gasteiger partial charge in [-0.1, -0.05) is 44.5 Å². The Labute approximate surface area is 261 Å². The molecule has 0 spiro atoms. The van der Waals surface area contributed by atoms with E-state index in [2.05, 4.69) is 33.4 Å². The van der Waals surface area contributed by atoms with Gasteiger partial charge in [-0.2, -0.15) is 4.98 Å². The van der Waals surface area contributed by atoms with E-state index in [0.717, 1.165) is 49.0 Å². The number of carbonyl (C=O) groups is 1. The van der Waals surface area contributed by atoms with E-state index >= 15 is 0 Å². The maximum atomic E-state index is 14.3. The summed E-state index contributed by atoms with van der Waals surface area (Å²) in [6.45, 7) is 10.8. The van der Waals surface area contributed by atoms with Crippen molar-refractivity contribution in [1.29, 1.82) is 0 Å². The second-order valence-electron chi connectivity index (χ2n) is 13.0. The van der Waals surface area contributed by atoms with Crippen LogP contribution in [0.2, 0.25) is 0 Å². The predicted molar refractivity (Wildman–Crippen MR) is 171 cm³/mol. The number of carbonyl (C=O) groups excluding carboxylic acids is 1. The summed E-state index contributed by atoms with van der Waals surface area (Å²) in [5.41, 5.74) is 3.85. The van der Waals surface area contributed by atoms with Crippen LogP contribution in [-0.2, 0) is 10.0 Å². The van der Waals surface area contributed by atoms with Gasteiger partial charge >= 0.3 is 0 Å². The summed E-state index contributed by atoms with van der Waals surface area (Å²) < 4.78 is 36.2. The maximum Gasteiger partial charge on any atom is 0.264 e. The molecule has 1 amide bonds. The number of benzene rings is 2. The molecule has 1 aromatic heterocycles. The average Bonchev–Trinajstić information content (AvgIpc) is 2.96. The van der Waals surface area contributed by atoms with Crippen LogP contribution in [0.25, 0.3) is 11.3 Å². The van der Waals surface area contributed by atoms with Crippen LogP contribution in [0, 0.1) is 19.8 Å². The summed E-state index contributed by atoms with van der Waals surface area (Å²) in [4.78, 5) is 28.0. The molecule has 3 heterocycles. The summed E-state index contributed by atoms with van der Waals surface area (Å²) in [6.07, 6.45) is 6.31. The first kappa shape index (κ1) is 30.5. The Morgan fingerprint density at radius 3 is 2.36 bits per heavy atom. The number of fused-ring (bicyclic) bond motifs is 4. The third-order valence-corrected chi connectivity index (χ3v) is 10.6. The van der Waals surface area contributed by atoms with E-state index in [0.29, 0.717) is 23.2 Å². The minimum absolute atomic E-state index is 0.00805. The molecule has 9 nitrogen and oxygen atoms in total. The highest BCUT2D eigenvalue weighted by molar-refractivity contribution is 7.92. The Hall–Kier alpha value is -3.50. The summed E-state index contributed by atoms with van der Waals surface area (Å²) in [7, 11) is -4.09. The lowest BCUT2D eigenvalue weighted by molar-refractivity contribution is -0.00695. The number of aryl methyl sites for hydroxylation is 2. The van der Waals surface area contributed by atoms with Gasteiger partial charge in [0.25, 0.3) is 15.9 Å². The van der Waals surface area contributed by atoms with Crippen molar-refractivity contribution in [2.24, 2.45) is 5.92 Å². The minimum atomic E-state index is -4.09. The second kappa shape index (κ2) is 12.5. The van der Waals surface area contributed by atoms with Gasteiger partial charge in [-0.15, -0.1) is 0 Å². The molecule has 4 bridgehead atoms. The molecule has 2 aliphatic heterocycles. The number of aromatic nitrogens is 2. The molecule has 1 saturated carbocycles. The number of sulfonamides is 1. The average molecular weight is 618 g/mol. The molecule has 234 valence electrons. The molecule has 3 aromatic rings. The van der Waals surface area contributed by atoms with Crippen molar-refractivity contribution in [2.45, 2.75) is 89.2 Å². The zero-order valence-corrected chi connectivity index (χ0v) is 26.9. The molecular weight excluding hydrogens is 574 g/mol. The number of anilines is 1. The molecule has 0 radical (unpaired) electrons. The normalized spacial score (nSPS) is 23.9. The zero-order valence-electron chi connectivity index (χ0n) is 26.1. The monoisotopic (exact) mass is 617 g/mol. The second-order valence-corrected chi connectivity index (χ2v) is 14.7. The minimum Gasteiger partial charge on any atom is -0.475 e. The predicted octanol–water partition coefficient (Wildman–Crippen LogP) is 5.83. The van der Waals surface area contributed by atoms with Gasteiger partial charge in [0.1, 0.15) is 6.61 Å². The van der Waals surface area contributed by atoms with Crippen molar-refractivity contribution in [2.75, 3.05) is 24.4 Å². The third-order valence-electron chi connectivity index (χ3n) is 9.24. The summed E-state index contributed by atoms with van der Waals surface area (Å²) in [5, 5.41) is 0. The van der Waals surface area contributed by atoms with Crippen molar-refractivity contribution in [1.82, 2.24) is 19.8 Å². The molecule has 2 aromatic carbocycles. The van der Waals surface area contributed by atoms with E-state index in [9.17, 15) is 13.2 Å². The van der Waals surface area contributed by atoms with Crippen LogP contribution in [0.5, 0.6) is 5.88 Å². The lowest BCUT2D eigenvalue weighted by Gasteiger charge is -2.50. The molecular formula is C34H43N5O4S. The van der Waals surface area contributed by atoms with Gasteiger partial charge in [-0.25, -0.2) is 18.1 Å². The Balaban J connectivity index is 1.42. The number of ether oxygens (including phenoxy) is 1. The van der Waals surface area contributed by atoms with Crippen LogP contribution in [0.3, 0.4) is 0 Å². The van der Waals surface area contributed by atoms with Gasteiger partial charge in [-0.3, -0.25) is 4.79 Å². The molecule has 1 atom stereocenters. The smallest absolute Gasteiger partial charge is 0.264 e. The summed E-state index contributed by atoms with van der Waals surface area (Å²) in [5.74, 6) is 0.345. The molecule has 6 rings (SSSR count). The van der Waals surface area contributed by atoms with Gasteiger partial charge in [0.15, 0.2) is 0 Å². The fourth-order valence-electron chi connectivity index (χ4n) is 7.00. The maximum absolute atomic E-state index is 14.3. The highest BCUT2D eigenvalue weighted by Gasteiger charge is 2.42. The lowest BCUT2D eigenvalue weighted by atomic mass is 9.81. The molecule has 44 heavy (non-hydrogen) atoms. The van der Waals surface area contributed by atoms with Gasteiger partial charge < -0.3 is 14.5 Å². The number of hydrogen-bond acceptors (Lipinski definition) is 7. The Morgan fingerprint density at radius 1 is 0.955 bits per heavy atom. The number of nitrogens with one attached hydrogen (secondary N) is 1. The van der Waals surface area contributed by atoms with E-state index in [1.165, 1.54) is 31.4 Å². The van der Waals surface area contributed by atoms with Crippen LogP contribution in [-0.4, -0.2) is 71.9 Å². The van der Waals surface area contributed by atoms with E-state index in [-0.39, 0.29) is 41.3 Å². The topological polar surface area (TPSA) is 105 Å². The number of amides is 1. The fourth-order valence-corrected chi connectivity index (χ4v) is 7.99. The Kier molecular flexibility index (Phi) is 8.66. The largest absolute Gasteiger partial charge is 0.475 e. The SMILES string of the molecule is Cc1cccc(C)c1-c1cc2nc(n1)NS(=O)(=O)c1cccc(c1)C(=O)N([C@H]1C[C@@H](N3CCCCC3)C1)[C@H](CC(C)C)CO2. The first-order valence-electron chi connectivity index (χ1n) is 15.9. The third kappa shape index (κ3) is 6.33. The standard InChI is InChI=1S/C34H43N5O4S/c1-22(2)16-28-21-43-31-20-30(32-23(3)10-8-11-24(32)4)35-34(36-31)37-44(41,42)29-13-9-12-25(17-29)33(40)39(28)27-18-26(19-27)38-14-6-5-7-15-38/h8-13,17,20,22,26-28H,5-7,14-16,18-19,21H2,1-4H3,(H,35,36,37)/t26-,27+,28-/m1/s1. The van der Waals surface area contributed by atoms with Crippen LogP contribution < -0.4 is 9.46 Å². The highest BCUT2D eigenvalue weighted by atomic mass is 32.2. The molecule has 1 saturated heterocycles. The van der Waals surface area contributed by atoms with Crippen LogP contribution in [0.1, 0.15) is 73.9 Å². The van der Waals surface area contributed by atoms with Crippen LogP contribution in [0.4, 0.5) is 5.95 Å². The fraction of sp³-hybridized carbons (Fsp3) is 0.500.